The summed E-state index contributed by atoms with van der Waals surface area (Å²) in [5, 5.41) is 12.9. The molecule has 0 saturated heterocycles. The van der Waals surface area contributed by atoms with Crippen LogP contribution >= 0.6 is 27.5 Å². The summed E-state index contributed by atoms with van der Waals surface area (Å²) >= 11 is 9.66. The van der Waals surface area contributed by atoms with Crippen molar-refractivity contribution in [2.24, 2.45) is 0 Å². The lowest BCUT2D eigenvalue weighted by atomic mass is 10.1. The van der Waals surface area contributed by atoms with Gasteiger partial charge >= 0.3 is 0 Å². The molecule has 156 valence electrons. The Morgan fingerprint density at radius 2 is 1.94 bits per heavy atom. The van der Waals surface area contributed by atoms with Gasteiger partial charge in [0.1, 0.15) is 24.0 Å². The third-order valence-corrected chi connectivity index (χ3v) is 5.62. The lowest BCUT2D eigenvalue weighted by Gasteiger charge is -2.12. The van der Waals surface area contributed by atoms with Gasteiger partial charge in [0.05, 0.1) is 0 Å². The maximum atomic E-state index is 12.7. The predicted octanol–water partition coefficient (Wildman–Crippen LogP) is 6.84. The second-order valence-corrected chi connectivity index (χ2v) is 8.30. The van der Waals surface area contributed by atoms with Crippen LogP contribution in [0.4, 0.5) is 5.69 Å². The number of hydrogen-bond acceptors (Lipinski definition) is 3. The monoisotopic (exact) mass is 494 g/mol. The van der Waals surface area contributed by atoms with E-state index in [1.165, 1.54) is 6.08 Å². The number of nitrogens with zero attached hydrogens (tertiary/aromatic N) is 1. The number of rotatable bonds is 6. The van der Waals surface area contributed by atoms with Crippen molar-refractivity contribution < 1.29 is 9.53 Å². The van der Waals surface area contributed by atoms with Crippen LogP contribution in [-0.2, 0) is 11.4 Å². The molecule has 31 heavy (non-hydrogen) atoms. The molecule has 0 radical (unpaired) electrons. The van der Waals surface area contributed by atoms with E-state index in [1.807, 2.05) is 62.4 Å². The van der Waals surface area contributed by atoms with Crippen molar-refractivity contribution >= 4 is 45.2 Å². The third-order valence-electron chi connectivity index (χ3n) is 4.61. The fourth-order valence-corrected chi connectivity index (χ4v) is 3.56. The fourth-order valence-electron chi connectivity index (χ4n) is 2.98. The largest absolute Gasteiger partial charge is 0.488 e. The Morgan fingerprint density at radius 1 is 1.16 bits per heavy atom. The molecule has 0 aromatic heterocycles. The second-order valence-electron chi connectivity index (χ2n) is 7.00. The van der Waals surface area contributed by atoms with Crippen molar-refractivity contribution in [1.82, 2.24) is 0 Å². The molecule has 3 aromatic carbocycles. The quantitative estimate of drug-likeness (QED) is 0.301. The van der Waals surface area contributed by atoms with E-state index in [0.29, 0.717) is 28.6 Å². The van der Waals surface area contributed by atoms with Crippen molar-refractivity contribution in [3.05, 3.63) is 98.0 Å². The molecule has 0 atom stereocenters. The first kappa shape index (κ1) is 22.6. The number of aryl methyl sites for hydroxylation is 2. The van der Waals surface area contributed by atoms with E-state index in [9.17, 15) is 10.1 Å². The van der Waals surface area contributed by atoms with Crippen LogP contribution in [0.1, 0.15) is 22.3 Å². The molecule has 3 rings (SSSR count). The average molecular weight is 496 g/mol. The van der Waals surface area contributed by atoms with Gasteiger partial charge in [0.25, 0.3) is 5.91 Å². The maximum Gasteiger partial charge on any atom is 0.266 e. The highest BCUT2D eigenvalue weighted by molar-refractivity contribution is 9.10. The molecule has 0 fully saturated rings. The summed E-state index contributed by atoms with van der Waals surface area (Å²) in [6, 6.07) is 20.5. The maximum absolute atomic E-state index is 12.7. The minimum Gasteiger partial charge on any atom is -0.488 e. The van der Waals surface area contributed by atoms with Gasteiger partial charge in [-0.2, -0.15) is 5.26 Å². The van der Waals surface area contributed by atoms with Gasteiger partial charge in [0.2, 0.25) is 0 Å². The van der Waals surface area contributed by atoms with Gasteiger partial charge in [-0.15, -0.1) is 0 Å². The highest BCUT2D eigenvalue weighted by Crippen LogP contribution is 2.28. The van der Waals surface area contributed by atoms with E-state index in [4.69, 9.17) is 16.3 Å². The third kappa shape index (κ3) is 5.97. The summed E-state index contributed by atoms with van der Waals surface area (Å²) in [5.74, 6) is 0.0263. The molecule has 1 amide bonds. The van der Waals surface area contributed by atoms with Crippen LogP contribution < -0.4 is 10.1 Å². The first-order valence-electron chi connectivity index (χ1n) is 9.53. The summed E-state index contributed by atoms with van der Waals surface area (Å²) in [7, 11) is 0. The highest BCUT2D eigenvalue weighted by atomic mass is 79.9. The molecular weight excluding hydrogens is 476 g/mol. The molecular formula is C25H20BrClN2O2. The molecule has 0 spiro atoms. The smallest absolute Gasteiger partial charge is 0.266 e. The van der Waals surface area contributed by atoms with Crippen LogP contribution in [0, 0.1) is 25.2 Å². The number of hydrogen-bond donors (Lipinski definition) is 1. The summed E-state index contributed by atoms with van der Waals surface area (Å²) in [5.41, 5.74) is 4.15. The van der Waals surface area contributed by atoms with Crippen LogP contribution in [0.3, 0.4) is 0 Å². The summed E-state index contributed by atoms with van der Waals surface area (Å²) in [4.78, 5) is 12.7. The normalized spacial score (nSPS) is 11.0. The van der Waals surface area contributed by atoms with Gasteiger partial charge < -0.3 is 10.1 Å². The molecule has 0 aliphatic heterocycles. The molecule has 0 aliphatic rings. The Bertz CT molecular complexity index is 1200. The topological polar surface area (TPSA) is 62.1 Å². The standard InChI is InChI=1S/C25H20BrClN2O2/c1-16-7-9-23(17(2)11-16)29-25(30)20(14-28)12-19-13-21(27)8-10-24(19)31-15-18-5-3-4-6-22(18)26/h3-13H,15H2,1-2H3,(H,29,30)/b20-12+. The van der Waals surface area contributed by atoms with Gasteiger partial charge in [-0.25, -0.2) is 0 Å². The number of ether oxygens (including phenoxy) is 1. The van der Waals surface area contributed by atoms with Crippen molar-refractivity contribution in [1.29, 1.82) is 5.26 Å². The van der Waals surface area contributed by atoms with Crippen LogP contribution in [0.15, 0.2) is 70.7 Å². The Hall–Kier alpha value is -3.07. The highest BCUT2D eigenvalue weighted by Gasteiger charge is 2.13. The van der Waals surface area contributed by atoms with Gasteiger partial charge in [0, 0.05) is 26.3 Å². The first-order chi connectivity index (χ1) is 14.9. The fraction of sp³-hybridized carbons (Fsp3) is 0.120. The van der Waals surface area contributed by atoms with E-state index in [0.717, 1.165) is 21.2 Å². The van der Waals surface area contributed by atoms with Gasteiger partial charge in [-0.3, -0.25) is 4.79 Å². The Labute approximate surface area is 195 Å². The molecule has 0 unspecified atom stereocenters. The number of nitriles is 1. The van der Waals surface area contributed by atoms with Gasteiger partial charge in [0.15, 0.2) is 0 Å². The number of halogens is 2. The summed E-state index contributed by atoms with van der Waals surface area (Å²) in [6.07, 6.45) is 1.49. The van der Waals surface area contributed by atoms with Crippen molar-refractivity contribution in [3.8, 4) is 11.8 Å². The number of amides is 1. The molecule has 0 aliphatic carbocycles. The zero-order valence-corrected chi connectivity index (χ0v) is 19.4. The molecule has 1 N–H and O–H groups in total. The van der Waals surface area contributed by atoms with Gasteiger partial charge in [-0.1, -0.05) is 63.4 Å². The van der Waals surface area contributed by atoms with Crippen LogP contribution in [0.2, 0.25) is 5.02 Å². The van der Waals surface area contributed by atoms with E-state index in [1.54, 1.807) is 18.2 Å². The van der Waals surface area contributed by atoms with E-state index in [2.05, 4.69) is 21.2 Å². The lowest BCUT2D eigenvalue weighted by Crippen LogP contribution is -2.14. The molecule has 0 heterocycles. The molecule has 3 aromatic rings. The molecule has 6 heteroatoms. The Balaban J connectivity index is 1.85. The Kier molecular flexibility index (Phi) is 7.51. The van der Waals surface area contributed by atoms with E-state index >= 15 is 0 Å². The zero-order valence-electron chi connectivity index (χ0n) is 17.1. The van der Waals surface area contributed by atoms with E-state index < -0.39 is 5.91 Å². The molecule has 0 saturated carbocycles. The summed E-state index contributed by atoms with van der Waals surface area (Å²) in [6.45, 7) is 4.21. The Morgan fingerprint density at radius 3 is 2.65 bits per heavy atom. The minimum atomic E-state index is -0.494. The summed E-state index contributed by atoms with van der Waals surface area (Å²) < 4.78 is 6.90. The number of nitrogens with one attached hydrogen (secondary N) is 1. The molecule has 4 nitrogen and oxygen atoms in total. The van der Waals surface area contributed by atoms with Crippen molar-refractivity contribution in [2.75, 3.05) is 5.32 Å². The van der Waals surface area contributed by atoms with Crippen LogP contribution in [0.5, 0.6) is 5.75 Å². The number of anilines is 1. The van der Waals surface area contributed by atoms with Crippen LogP contribution in [-0.4, -0.2) is 5.91 Å². The first-order valence-corrected chi connectivity index (χ1v) is 10.7. The number of carbonyl (C=O) groups excluding carboxylic acids is 1. The average Bonchev–Trinajstić information content (AvgIpc) is 2.74. The minimum absolute atomic E-state index is 0.0482. The van der Waals surface area contributed by atoms with Crippen molar-refractivity contribution in [3.63, 3.8) is 0 Å². The lowest BCUT2D eigenvalue weighted by molar-refractivity contribution is -0.112. The van der Waals surface area contributed by atoms with Crippen LogP contribution in [0.25, 0.3) is 6.08 Å². The number of benzene rings is 3. The van der Waals surface area contributed by atoms with Crippen molar-refractivity contribution in [2.45, 2.75) is 20.5 Å². The van der Waals surface area contributed by atoms with Gasteiger partial charge in [-0.05, 0) is 55.8 Å². The van der Waals surface area contributed by atoms with E-state index in [-0.39, 0.29) is 5.57 Å². The zero-order chi connectivity index (χ0) is 22.4. The molecule has 0 bridgehead atoms. The second kappa shape index (κ2) is 10.3. The predicted molar refractivity (Wildman–Crippen MR) is 128 cm³/mol. The SMILES string of the molecule is Cc1ccc(NC(=O)/C(C#N)=C/c2cc(Cl)ccc2OCc2ccccc2Br)c(C)c1. The number of carbonyl (C=O) groups is 1.